The minimum Gasteiger partial charge on any atom is -0.300 e. The van der Waals surface area contributed by atoms with Crippen molar-refractivity contribution in [2.75, 3.05) is 0 Å². The summed E-state index contributed by atoms with van der Waals surface area (Å²) in [5.74, 6) is 0.227. The third kappa shape index (κ3) is 5.21. The molecule has 51 valence electrons. The molecule has 0 heterocycles. The highest BCUT2D eigenvalue weighted by atomic mass is 16.1. The van der Waals surface area contributed by atoms with Gasteiger partial charge < -0.3 is 0 Å². The molecule has 0 bridgehead atoms. The summed E-state index contributed by atoms with van der Waals surface area (Å²) in [5.41, 5.74) is 0. The number of Topliss-reactive ketones (excluding diaryl/α,β-unsaturated/α-hetero) is 1. The quantitative estimate of drug-likeness (QED) is 0.521. The van der Waals surface area contributed by atoms with Gasteiger partial charge in [0, 0.05) is 19.3 Å². The van der Waals surface area contributed by atoms with Gasteiger partial charge in [0.1, 0.15) is 5.78 Å². The smallest absolute Gasteiger partial charge is 0.198 e. The Hall–Kier alpha value is -0.660. The monoisotopic (exact) mass is 127 g/mol. The average Bonchev–Trinajstić information content (AvgIpc) is 1.89. The fraction of sp³-hybridized carbons (Fsp3) is 0.714. The van der Waals surface area contributed by atoms with Gasteiger partial charge >= 0.3 is 0 Å². The third-order valence-electron chi connectivity index (χ3n) is 1.13. The van der Waals surface area contributed by atoms with Crippen LogP contribution in [-0.2, 0) is 9.59 Å². The Bertz CT molecular complexity index is 97.1. The fourth-order valence-electron chi connectivity index (χ4n) is 0.535. The second-order valence-corrected chi connectivity index (χ2v) is 1.89. The van der Waals surface area contributed by atoms with Crippen molar-refractivity contribution < 1.29 is 9.59 Å². The fourth-order valence-corrected chi connectivity index (χ4v) is 0.535. The third-order valence-corrected chi connectivity index (χ3v) is 1.13. The molecule has 0 saturated carbocycles. The number of unbranched alkanes of at least 4 members (excludes halogenated alkanes) is 1. The van der Waals surface area contributed by atoms with Gasteiger partial charge in [0.25, 0.3) is 0 Å². The van der Waals surface area contributed by atoms with Crippen LogP contribution in [0.2, 0.25) is 0 Å². The Morgan fingerprint density at radius 1 is 1.56 bits per heavy atom. The second-order valence-electron chi connectivity index (χ2n) is 1.89. The topological polar surface area (TPSA) is 34.1 Å². The molecule has 2 nitrogen and oxygen atoms in total. The molecule has 0 N–H and O–H groups in total. The summed E-state index contributed by atoms with van der Waals surface area (Å²) in [6.45, 7) is 1.83. The van der Waals surface area contributed by atoms with E-state index in [1.165, 1.54) is 0 Å². The molecule has 0 aromatic heterocycles. The van der Waals surface area contributed by atoms with E-state index in [0.29, 0.717) is 25.7 Å². The summed E-state index contributed by atoms with van der Waals surface area (Å²) in [6, 6.07) is 0. The first-order valence-corrected chi connectivity index (χ1v) is 3.18. The number of hydrogen-bond donors (Lipinski definition) is 0. The van der Waals surface area contributed by atoms with Crippen LogP contribution >= 0.6 is 0 Å². The van der Waals surface area contributed by atoms with Crippen molar-refractivity contribution in [3.8, 4) is 0 Å². The van der Waals surface area contributed by atoms with E-state index in [9.17, 15) is 9.59 Å². The molecule has 0 fully saturated rings. The molecule has 9 heavy (non-hydrogen) atoms. The largest absolute Gasteiger partial charge is 0.300 e. The zero-order valence-electron chi connectivity index (χ0n) is 5.64. The van der Waals surface area contributed by atoms with Crippen molar-refractivity contribution >= 4 is 12.1 Å². The predicted octanol–water partition coefficient (Wildman–Crippen LogP) is 1.25. The standard InChI is InChI=1S/C7H11O2/c1-2-7(9)5-3-4-6-8/h2-5H2,1H3. The molecule has 0 rings (SSSR count). The van der Waals surface area contributed by atoms with E-state index in [2.05, 4.69) is 0 Å². The van der Waals surface area contributed by atoms with Crippen LogP contribution in [0.4, 0.5) is 0 Å². The summed E-state index contributed by atoms with van der Waals surface area (Å²) < 4.78 is 0. The molecule has 0 atom stereocenters. The molecule has 1 radical (unpaired) electrons. The summed E-state index contributed by atoms with van der Waals surface area (Å²) in [6.07, 6.45) is 3.92. The lowest BCUT2D eigenvalue weighted by Gasteiger charge is -1.90. The van der Waals surface area contributed by atoms with E-state index in [1.807, 2.05) is 6.92 Å². The molecule has 0 aliphatic heterocycles. The summed E-state index contributed by atoms with van der Waals surface area (Å²) in [4.78, 5) is 20.2. The molecule has 2 heteroatoms. The van der Waals surface area contributed by atoms with Crippen molar-refractivity contribution in [3.63, 3.8) is 0 Å². The molecular weight excluding hydrogens is 116 g/mol. The van der Waals surface area contributed by atoms with Crippen LogP contribution in [0.25, 0.3) is 0 Å². The Labute approximate surface area is 55.3 Å². The van der Waals surface area contributed by atoms with Gasteiger partial charge in [-0.3, -0.25) is 9.59 Å². The van der Waals surface area contributed by atoms with Gasteiger partial charge in [-0.1, -0.05) is 6.92 Å². The highest BCUT2D eigenvalue weighted by Gasteiger charge is 1.95. The minimum atomic E-state index is 0.227. The van der Waals surface area contributed by atoms with Crippen LogP contribution in [0.1, 0.15) is 32.6 Å². The molecule has 0 unspecified atom stereocenters. The Morgan fingerprint density at radius 3 is 2.67 bits per heavy atom. The van der Waals surface area contributed by atoms with Gasteiger partial charge in [-0.2, -0.15) is 0 Å². The highest BCUT2D eigenvalue weighted by Crippen LogP contribution is 1.95. The van der Waals surface area contributed by atoms with E-state index >= 15 is 0 Å². The molecule has 0 amide bonds. The van der Waals surface area contributed by atoms with Gasteiger partial charge in [0.2, 0.25) is 0 Å². The summed E-state index contributed by atoms with van der Waals surface area (Å²) >= 11 is 0. The number of rotatable bonds is 5. The molecule has 0 aromatic rings. The SMILES string of the molecule is CCC(=O)CCC[C]=O. The van der Waals surface area contributed by atoms with Crippen LogP contribution < -0.4 is 0 Å². The van der Waals surface area contributed by atoms with Gasteiger partial charge in [-0.25, -0.2) is 0 Å². The van der Waals surface area contributed by atoms with Crippen molar-refractivity contribution in [3.05, 3.63) is 0 Å². The molecule has 0 spiro atoms. The zero-order chi connectivity index (χ0) is 7.11. The van der Waals surface area contributed by atoms with Crippen molar-refractivity contribution in [1.29, 1.82) is 0 Å². The first-order valence-electron chi connectivity index (χ1n) is 3.18. The van der Waals surface area contributed by atoms with E-state index in [0.717, 1.165) is 0 Å². The second kappa shape index (κ2) is 5.48. The molecular formula is C7H11O2. The van der Waals surface area contributed by atoms with E-state index in [1.54, 1.807) is 6.29 Å². The lowest BCUT2D eigenvalue weighted by Crippen LogP contribution is -1.93. The zero-order valence-corrected chi connectivity index (χ0v) is 5.64. The Kier molecular flexibility index (Phi) is 5.07. The van der Waals surface area contributed by atoms with Gasteiger partial charge in [-0.15, -0.1) is 0 Å². The maximum Gasteiger partial charge on any atom is 0.198 e. The van der Waals surface area contributed by atoms with Crippen molar-refractivity contribution in [2.45, 2.75) is 32.6 Å². The van der Waals surface area contributed by atoms with Crippen molar-refractivity contribution in [2.24, 2.45) is 0 Å². The van der Waals surface area contributed by atoms with Crippen LogP contribution in [0, 0.1) is 0 Å². The van der Waals surface area contributed by atoms with Gasteiger partial charge in [-0.05, 0) is 6.42 Å². The molecule has 0 saturated heterocycles. The normalized spacial score (nSPS) is 9.00. The predicted molar refractivity (Wildman–Crippen MR) is 34.8 cm³/mol. The van der Waals surface area contributed by atoms with E-state index < -0.39 is 0 Å². The van der Waals surface area contributed by atoms with Gasteiger partial charge in [0.15, 0.2) is 6.29 Å². The molecule has 0 aliphatic carbocycles. The first kappa shape index (κ1) is 8.34. The van der Waals surface area contributed by atoms with Crippen molar-refractivity contribution in [1.82, 2.24) is 0 Å². The lowest BCUT2D eigenvalue weighted by atomic mass is 10.1. The summed E-state index contributed by atoms with van der Waals surface area (Å²) in [5, 5.41) is 0. The number of carbonyl (C=O) groups is 1. The minimum absolute atomic E-state index is 0.227. The Morgan fingerprint density at radius 2 is 2.22 bits per heavy atom. The van der Waals surface area contributed by atoms with E-state index in [4.69, 9.17) is 0 Å². The first-order chi connectivity index (χ1) is 4.31. The molecule has 0 aromatic carbocycles. The number of carbonyl (C=O) groups excluding carboxylic acids is 2. The Balaban J connectivity index is 3.06. The lowest BCUT2D eigenvalue weighted by molar-refractivity contribution is -0.118. The van der Waals surface area contributed by atoms with Crippen LogP contribution in [0.5, 0.6) is 0 Å². The molecule has 0 aliphatic rings. The summed E-state index contributed by atoms with van der Waals surface area (Å²) in [7, 11) is 0. The van der Waals surface area contributed by atoms with Gasteiger partial charge in [0.05, 0.1) is 0 Å². The van der Waals surface area contributed by atoms with Crippen LogP contribution in [0.3, 0.4) is 0 Å². The maximum atomic E-state index is 10.6. The number of ketones is 1. The van der Waals surface area contributed by atoms with Crippen LogP contribution in [-0.4, -0.2) is 12.1 Å². The van der Waals surface area contributed by atoms with E-state index in [-0.39, 0.29) is 5.78 Å². The average molecular weight is 127 g/mol. The van der Waals surface area contributed by atoms with Crippen LogP contribution in [0.15, 0.2) is 0 Å². The number of hydrogen-bond acceptors (Lipinski definition) is 2. The highest BCUT2D eigenvalue weighted by molar-refractivity contribution is 5.78. The maximum absolute atomic E-state index is 10.6.